The molecule has 2 aromatic carbocycles. The van der Waals surface area contributed by atoms with E-state index in [0.717, 1.165) is 36.3 Å². The molecule has 2 amide bonds. The van der Waals surface area contributed by atoms with E-state index < -0.39 is 12.0 Å². The maximum absolute atomic E-state index is 14.3. The van der Waals surface area contributed by atoms with Gasteiger partial charge in [-0.25, -0.2) is 0 Å². The second-order valence-electron chi connectivity index (χ2n) is 9.81. The highest BCUT2D eigenvalue weighted by Gasteiger charge is 2.51. The first-order valence-corrected chi connectivity index (χ1v) is 12.6. The molecular formula is C27H31F2N3O5. The summed E-state index contributed by atoms with van der Waals surface area (Å²) in [6.45, 7) is 1.59. The minimum atomic E-state index is -3.96. The van der Waals surface area contributed by atoms with Crippen molar-refractivity contribution in [2.24, 2.45) is 5.92 Å². The number of nitrogens with zero attached hydrogens (tertiary/aromatic N) is 2. The number of hydrogen-bond donors (Lipinski definition) is 2. The van der Waals surface area contributed by atoms with Gasteiger partial charge in [0, 0.05) is 38.5 Å². The van der Waals surface area contributed by atoms with Crippen molar-refractivity contribution in [3.63, 3.8) is 0 Å². The molecule has 1 saturated heterocycles. The topological polar surface area (TPSA) is 91.3 Å². The maximum Gasteiger partial charge on any atom is 0.482 e. The first-order chi connectivity index (χ1) is 17.8. The van der Waals surface area contributed by atoms with Gasteiger partial charge in [-0.1, -0.05) is 12.1 Å². The molecular weight excluding hydrogens is 484 g/mol. The number of carbonyl (C=O) groups excluding carboxylic acids is 2. The molecule has 198 valence electrons. The zero-order chi connectivity index (χ0) is 26.2. The van der Waals surface area contributed by atoms with E-state index in [-0.39, 0.29) is 47.5 Å². The summed E-state index contributed by atoms with van der Waals surface area (Å²) in [5.41, 5.74) is 1.67. The van der Waals surface area contributed by atoms with Crippen LogP contribution in [0.5, 0.6) is 11.5 Å². The standard InChI is InChI=1S/C27H31F2N3O5/c1-36-13-3-12-31-23-15-19(8-9-24(23)37-27(28,29)26(31)35)32(18-6-7-18)25(34)22-16-30-11-10-21(22)17-4-2-5-20(33)14-17/h2,4-5,8-9,14-15,18,21-22,30,33H,3,6-7,10-13,16H2,1H3/t21-,22+/m1/s1. The Morgan fingerprint density at radius 3 is 2.78 bits per heavy atom. The summed E-state index contributed by atoms with van der Waals surface area (Å²) in [4.78, 5) is 29.4. The van der Waals surface area contributed by atoms with E-state index in [0.29, 0.717) is 25.3 Å². The van der Waals surface area contributed by atoms with E-state index in [2.05, 4.69) is 5.32 Å². The number of rotatable bonds is 8. The number of phenols is 1. The highest BCUT2D eigenvalue weighted by atomic mass is 19.3. The minimum absolute atomic E-state index is 0.000829. The lowest BCUT2D eigenvalue weighted by Gasteiger charge is -2.37. The minimum Gasteiger partial charge on any atom is -0.508 e. The number of fused-ring (bicyclic) bond motifs is 1. The lowest BCUT2D eigenvalue weighted by atomic mass is 9.80. The van der Waals surface area contributed by atoms with Crippen LogP contribution in [0.1, 0.15) is 37.2 Å². The molecule has 0 unspecified atom stereocenters. The van der Waals surface area contributed by atoms with Crippen molar-refractivity contribution < 1.29 is 33.0 Å². The quantitative estimate of drug-likeness (QED) is 0.522. The molecule has 2 atom stereocenters. The molecule has 0 bridgehead atoms. The molecule has 10 heteroatoms. The lowest BCUT2D eigenvalue weighted by Crippen LogP contribution is -2.51. The Kier molecular flexibility index (Phi) is 7.04. The molecule has 2 heterocycles. The van der Waals surface area contributed by atoms with Crippen molar-refractivity contribution in [1.82, 2.24) is 5.32 Å². The smallest absolute Gasteiger partial charge is 0.482 e. The van der Waals surface area contributed by atoms with E-state index in [4.69, 9.17) is 9.47 Å². The predicted octanol–water partition coefficient (Wildman–Crippen LogP) is 3.64. The molecule has 0 aromatic heterocycles. The summed E-state index contributed by atoms with van der Waals surface area (Å²) in [7, 11) is 1.51. The number of anilines is 2. The SMILES string of the molecule is COCCCN1C(=O)C(F)(F)Oc2ccc(N(C(=O)[C@H]3CNCC[C@@H]3c3cccc(O)c3)C3CC3)cc21. The first-order valence-electron chi connectivity index (χ1n) is 12.6. The fraction of sp³-hybridized carbons (Fsp3) is 0.481. The van der Waals surface area contributed by atoms with Crippen LogP contribution in [0.2, 0.25) is 0 Å². The number of amides is 2. The van der Waals surface area contributed by atoms with Crippen LogP contribution < -0.4 is 19.9 Å². The molecule has 3 aliphatic rings. The molecule has 5 rings (SSSR count). The largest absolute Gasteiger partial charge is 0.508 e. The van der Waals surface area contributed by atoms with Gasteiger partial charge < -0.3 is 29.7 Å². The van der Waals surface area contributed by atoms with Gasteiger partial charge in [-0.2, -0.15) is 8.78 Å². The van der Waals surface area contributed by atoms with Gasteiger partial charge in [-0.05, 0) is 74.0 Å². The number of benzene rings is 2. The number of nitrogens with one attached hydrogen (secondary N) is 1. The van der Waals surface area contributed by atoms with Crippen LogP contribution in [0.3, 0.4) is 0 Å². The summed E-state index contributed by atoms with van der Waals surface area (Å²) in [5.74, 6) is -1.89. The average molecular weight is 516 g/mol. The zero-order valence-electron chi connectivity index (χ0n) is 20.7. The average Bonchev–Trinajstić information content (AvgIpc) is 3.72. The van der Waals surface area contributed by atoms with Crippen molar-refractivity contribution in [2.45, 2.75) is 43.8 Å². The summed E-state index contributed by atoms with van der Waals surface area (Å²) in [6.07, 6.45) is -1.18. The van der Waals surface area contributed by atoms with Gasteiger partial charge in [0.1, 0.15) is 5.75 Å². The van der Waals surface area contributed by atoms with E-state index in [1.807, 2.05) is 6.07 Å². The number of hydrogen-bond acceptors (Lipinski definition) is 6. The molecule has 2 aromatic rings. The maximum atomic E-state index is 14.3. The highest BCUT2D eigenvalue weighted by molar-refractivity contribution is 6.03. The third-order valence-corrected chi connectivity index (χ3v) is 7.22. The van der Waals surface area contributed by atoms with Crippen molar-refractivity contribution in [2.75, 3.05) is 43.2 Å². The van der Waals surface area contributed by atoms with Crippen molar-refractivity contribution in [1.29, 1.82) is 0 Å². The Balaban J connectivity index is 1.47. The van der Waals surface area contributed by atoms with E-state index in [1.54, 1.807) is 35.2 Å². The first kappa shape index (κ1) is 25.4. The third kappa shape index (κ3) is 5.13. The van der Waals surface area contributed by atoms with Crippen molar-refractivity contribution in [3.05, 3.63) is 48.0 Å². The molecule has 1 saturated carbocycles. The number of piperidine rings is 1. The number of methoxy groups -OCH3 is 1. The van der Waals surface area contributed by atoms with E-state index >= 15 is 0 Å². The van der Waals surface area contributed by atoms with Crippen LogP contribution in [0.25, 0.3) is 0 Å². The van der Waals surface area contributed by atoms with Gasteiger partial charge in [-0.15, -0.1) is 0 Å². The van der Waals surface area contributed by atoms with Gasteiger partial charge in [-0.3, -0.25) is 9.59 Å². The van der Waals surface area contributed by atoms with Gasteiger partial charge in [0.2, 0.25) is 5.91 Å². The lowest BCUT2D eigenvalue weighted by molar-refractivity contribution is -0.192. The Morgan fingerprint density at radius 2 is 2.05 bits per heavy atom. The van der Waals surface area contributed by atoms with Crippen molar-refractivity contribution >= 4 is 23.2 Å². The summed E-state index contributed by atoms with van der Waals surface area (Å²) >= 11 is 0. The normalized spacial score (nSPS) is 22.8. The van der Waals surface area contributed by atoms with Crippen LogP contribution in [0.15, 0.2) is 42.5 Å². The number of ether oxygens (including phenoxy) is 2. The Bertz CT molecular complexity index is 1170. The van der Waals surface area contributed by atoms with E-state index in [9.17, 15) is 23.5 Å². The van der Waals surface area contributed by atoms with Gasteiger partial charge in [0.15, 0.2) is 5.75 Å². The molecule has 8 nitrogen and oxygen atoms in total. The van der Waals surface area contributed by atoms with Crippen LogP contribution in [0, 0.1) is 5.92 Å². The predicted molar refractivity (Wildman–Crippen MR) is 133 cm³/mol. The second-order valence-corrected chi connectivity index (χ2v) is 9.81. The van der Waals surface area contributed by atoms with Crippen LogP contribution in [-0.2, 0) is 14.3 Å². The Labute approximate surface area is 214 Å². The third-order valence-electron chi connectivity index (χ3n) is 7.22. The monoisotopic (exact) mass is 515 g/mol. The Morgan fingerprint density at radius 1 is 1.24 bits per heavy atom. The number of carbonyl (C=O) groups is 2. The summed E-state index contributed by atoms with van der Waals surface area (Å²) in [5, 5.41) is 13.3. The van der Waals surface area contributed by atoms with Crippen LogP contribution in [-0.4, -0.2) is 62.4 Å². The van der Waals surface area contributed by atoms with Crippen LogP contribution in [0.4, 0.5) is 20.2 Å². The molecule has 37 heavy (non-hydrogen) atoms. The number of phenolic OH excluding ortho intramolecular Hbond substituents is 1. The molecule has 2 N–H and O–H groups in total. The zero-order valence-corrected chi connectivity index (χ0v) is 20.7. The molecule has 2 aliphatic heterocycles. The Hall–Kier alpha value is -3.24. The number of aromatic hydroxyl groups is 1. The highest BCUT2D eigenvalue weighted by Crippen LogP contribution is 2.44. The second kappa shape index (κ2) is 10.3. The van der Waals surface area contributed by atoms with Crippen molar-refractivity contribution in [3.8, 4) is 11.5 Å². The fourth-order valence-corrected chi connectivity index (χ4v) is 5.29. The van der Waals surface area contributed by atoms with Gasteiger partial charge in [0.25, 0.3) is 0 Å². The molecule has 0 spiro atoms. The van der Waals surface area contributed by atoms with Crippen LogP contribution >= 0.6 is 0 Å². The summed E-state index contributed by atoms with van der Waals surface area (Å²) < 4.78 is 38.4. The van der Waals surface area contributed by atoms with Gasteiger partial charge in [0.05, 0.1) is 11.6 Å². The van der Waals surface area contributed by atoms with Gasteiger partial charge >= 0.3 is 12.0 Å². The fourth-order valence-electron chi connectivity index (χ4n) is 5.29. The molecule has 2 fully saturated rings. The number of alkyl halides is 2. The van der Waals surface area contributed by atoms with E-state index in [1.165, 1.54) is 13.2 Å². The molecule has 0 radical (unpaired) electrons. The summed E-state index contributed by atoms with van der Waals surface area (Å²) in [6, 6.07) is 11.6. The molecule has 1 aliphatic carbocycles. The number of halogens is 2.